The van der Waals surface area contributed by atoms with E-state index in [0.717, 1.165) is 40.0 Å². The normalized spacial score (nSPS) is 15.3. The first-order chi connectivity index (χ1) is 16.1. The fourth-order valence-corrected chi connectivity index (χ4v) is 5.65. The molecule has 1 aliphatic rings. The lowest BCUT2D eigenvalue weighted by atomic mass is 10.1. The molecule has 1 atom stereocenters. The predicted octanol–water partition coefficient (Wildman–Crippen LogP) is 4.20. The molecule has 1 saturated carbocycles. The van der Waals surface area contributed by atoms with E-state index in [1.807, 2.05) is 24.3 Å². The van der Waals surface area contributed by atoms with Crippen molar-refractivity contribution in [1.29, 1.82) is 0 Å². The number of hydrogen-bond donors (Lipinski definition) is 1. The van der Waals surface area contributed by atoms with Crippen LogP contribution in [0, 0.1) is 0 Å². The molecule has 0 saturated heterocycles. The van der Waals surface area contributed by atoms with Crippen LogP contribution in [0.25, 0.3) is 0 Å². The minimum absolute atomic E-state index is 0.0396. The van der Waals surface area contributed by atoms with Crippen molar-refractivity contribution >= 4 is 49.4 Å². The van der Waals surface area contributed by atoms with Gasteiger partial charge in [0.2, 0.25) is 21.8 Å². The van der Waals surface area contributed by atoms with Gasteiger partial charge in [0.05, 0.1) is 11.4 Å². The van der Waals surface area contributed by atoms with E-state index in [1.165, 1.54) is 36.2 Å². The summed E-state index contributed by atoms with van der Waals surface area (Å²) in [6.07, 6.45) is 4.01. The van der Waals surface area contributed by atoms with Crippen molar-refractivity contribution in [3.63, 3.8) is 0 Å². The Hall–Kier alpha value is -1.94. The van der Waals surface area contributed by atoms with E-state index in [4.69, 9.17) is 11.6 Å². The number of nitrogens with one attached hydrogen (secondary N) is 1. The Bertz CT molecular complexity index is 1120. The molecule has 0 radical (unpaired) electrons. The highest BCUT2D eigenvalue weighted by atomic mass is 79.9. The van der Waals surface area contributed by atoms with Crippen LogP contribution in [0.5, 0.6) is 0 Å². The van der Waals surface area contributed by atoms with Crippen LogP contribution < -0.4 is 5.32 Å². The van der Waals surface area contributed by atoms with Crippen molar-refractivity contribution in [2.45, 2.75) is 56.1 Å². The van der Waals surface area contributed by atoms with Crippen LogP contribution in [0.2, 0.25) is 5.02 Å². The predicted molar refractivity (Wildman–Crippen MR) is 136 cm³/mol. The highest BCUT2D eigenvalue weighted by Gasteiger charge is 2.31. The molecule has 0 bridgehead atoms. The molecule has 34 heavy (non-hydrogen) atoms. The maximum absolute atomic E-state index is 13.4. The molecule has 2 amide bonds. The van der Waals surface area contributed by atoms with Crippen molar-refractivity contribution in [3.05, 3.63) is 63.6 Å². The fraction of sp³-hybridized carbons (Fsp3) is 0.417. The minimum atomic E-state index is -3.91. The Kier molecular flexibility index (Phi) is 9.14. The van der Waals surface area contributed by atoms with Crippen molar-refractivity contribution in [3.8, 4) is 0 Å². The summed E-state index contributed by atoms with van der Waals surface area (Å²) >= 11 is 9.30. The SMILES string of the molecule is CC(C(=O)NC1CCCC1)N(Cc1cccc(Br)c1)C(=O)CN(C)S(=O)(=O)c1ccc(Cl)cc1. The lowest BCUT2D eigenvalue weighted by Gasteiger charge is -2.31. The Morgan fingerprint density at radius 1 is 1.15 bits per heavy atom. The summed E-state index contributed by atoms with van der Waals surface area (Å²) in [5.41, 5.74) is 0.825. The largest absolute Gasteiger partial charge is 0.352 e. The van der Waals surface area contributed by atoms with Crippen molar-refractivity contribution in [1.82, 2.24) is 14.5 Å². The average molecular weight is 571 g/mol. The number of rotatable bonds is 9. The number of benzene rings is 2. The Balaban J connectivity index is 1.79. The maximum atomic E-state index is 13.4. The monoisotopic (exact) mass is 569 g/mol. The first-order valence-electron chi connectivity index (χ1n) is 11.1. The third-order valence-electron chi connectivity index (χ3n) is 5.99. The van der Waals surface area contributed by atoms with Crippen LogP contribution >= 0.6 is 27.5 Å². The number of nitrogens with zero attached hydrogens (tertiary/aromatic N) is 2. The van der Waals surface area contributed by atoms with Crippen molar-refractivity contribution in [2.24, 2.45) is 0 Å². The highest BCUT2D eigenvalue weighted by molar-refractivity contribution is 9.10. The Labute approximate surface area is 214 Å². The zero-order valence-electron chi connectivity index (χ0n) is 19.2. The molecular formula is C24H29BrClN3O4S. The van der Waals surface area contributed by atoms with Gasteiger partial charge in [0.25, 0.3) is 0 Å². The van der Waals surface area contributed by atoms with E-state index in [2.05, 4.69) is 21.2 Å². The summed E-state index contributed by atoms with van der Waals surface area (Å²) in [5, 5.41) is 3.46. The summed E-state index contributed by atoms with van der Waals surface area (Å²) in [5.74, 6) is -0.701. The number of carbonyl (C=O) groups is 2. The number of hydrogen-bond acceptors (Lipinski definition) is 4. The summed E-state index contributed by atoms with van der Waals surface area (Å²) in [4.78, 5) is 27.8. The molecule has 1 N–H and O–H groups in total. The highest BCUT2D eigenvalue weighted by Crippen LogP contribution is 2.21. The summed E-state index contributed by atoms with van der Waals surface area (Å²) in [7, 11) is -2.56. The standard InChI is InChI=1S/C24H29BrClN3O4S/c1-17(24(31)27-21-8-3-4-9-21)29(15-18-6-5-7-19(25)14-18)23(30)16-28(2)34(32,33)22-12-10-20(26)11-13-22/h5-7,10-14,17,21H,3-4,8-9,15-16H2,1-2H3,(H,27,31). The topological polar surface area (TPSA) is 86.8 Å². The quantitative estimate of drug-likeness (QED) is 0.490. The van der Waals surface area contributed by atoms with Crippen LogP contribution in [0.1, 0.15) is 38.2 Å². The van der Waals surface area contributed by atoms with Crippen molar-refractivity contribution in [2.75, 3.05) is 13.6 Å². The average Bonchev–Trinajstić information content (AvgIpc) is 3.30. The molecule has 1 aliphatic carbocycles. The van der Waals surface area contributed by atoms with Gasteiger partial charge in [0.1, 0.15) is 6.04 Å². The zero-order valence-corrected chi connectivity index (χ0v) is 22.4. The number of carbonyl (C=O) groups excluding carboxylic acids is 2. The number of sulfonamides is 1. The molecular weight excluding hydrogens is 542 g/mol. The third-order valence-corrected chi connectivity index (χ3v) is 8.55. The second-order valence-corrected chi connectivity index (χ2v) is 11.9. The van der Waals surface area contributed by atoms with Gasteiger partial charge in [0, 0.05) is 29.1 Å². The lowest BCUT2D eigenvalue weighted by Crippen LogP contribution is -2.52. The maximum Gasteiger partial charge on any atom is 0.243 e. The Morgan fingerprint density at radius 2 is 1.79 bits per heavy atom. The van der Waals surface area contributed by atoms with E-state index < -0.39 is 28.5 Å². The summed E-state index contributed by atoms with van der Waals surface area (Å²) in [6, 6.07) is 12.6. The second-order valence-electron chi connectivity index (χ2n) is 8.53. The third kappa shape index (κ3) is 6.81. The van der Waals surface area contributed by atoms with E-state index in [9.17, 15) is 18.0 Å². The van der Waals surface area contributed by atoms with Crippen LogP contribution in [-0.2, 0) is 26.2 Å². The molecule has 184 valence electrons. The summed E-state index contributed by atoms with van der Waals surface area (Å²) < 4.78 is 27.8. The van der Waals surface area contributed by atoms with Gasteiger partial charge in [-0.3, -0.25) is 9.59 Å². The molecule has 0 heterocycles. The van der Waals surface area contributed by atoms with Crippen LogP contribution in [0.4, 0.5) is 0 Å². The first kappa shape index (κ1) is 26.7. The molecule has 2 aromatic carbocycles. The van der Waals surface area contributed by atoms with E-state index in [-0.39, 0.29) is 23.4 Å². The van der Waals surface area contributed by atoms with E-state index >= 15 is 0 Å². The molecule has 2 aromatic rings. The van der Waals surface area contributed by atoms with Crippen LogP contribution in [0.15, 0.2) is 57.9 Å². The van der Waals surface area contributed by atoms with Gasteiger partial charge in [-0.1, -0.05) is 52.5 Å². The molecule has 0 aromatic heterocycles. The number of likely N-dealkylation sites (N-methyl/N-ethyl adjacent to an activating group) is 1. The van der Waals surface area contributed by atoms with Gasteiger partial charge in [-0.15, -0.1) is 0 Å². The second kappa shape index (κ2) is 11.7. The van der Waals surface area contributed by atoms with Gasteiger partial charge >= 0.3 is 0 Å². The van der Waals surface area contributed by atoms with Gasteiger partial charge in [-0.25, -0.2) is 8.42 Å². The number of amides is 2. The van der Waals surface area contributed by atoms with Crippen LogP contribution in [0.3, 0.4) is 0 Å². The van der Waals surface area contributed by atoms with Gasteiger partial charge < -0.3 is 10.2 Å². The summed E-state index contributed by atoms with van der Waals surface area (Å²) in [6.45, 7) is 1.44. The molecule has 0 aliphatic heterocycles. The van der Waals surface area contributed by atoms with E-state index in [0.29, 0.717) is 5.02 Å². The van der Waals surface area contributed by atoms with Gasteiger partial charge in [-0.05, 0) is 61.7 Å². The smallest absolute Gasteiger partial charge is 0.243 e. The molecule has 0 spiro atoms. The van der Waals surface area contributed by atoms with Gasteiger partial charge in [-0.2, -0.15) is 4.31 Å². The lowest BCUT2D eigenvalue weighted by molar-refractivity contribution is -0.140. The van der Waals surface area contributed by atoms with Crippen LogP contribution in [-0.4, -0.2) is 55.1 Å². The zero-order chi connectivity index (χ0) is 24.9. The first-order valence-corrected chi connectivity index (χ1v) is 13.7. The molecule has 7 nitrogen and oxygen atoms in total. The number of halogens is 2. The Morgan fingerprint density at radius 3 is 2.41 bits per heavy atom. The molecule has 10 heteroatoms. The fourth-order valence-electron chi connectivity index (χ4n) is 3.96. The van der Waals surface area contributed by atoms with Crippen molar-refractivity contribution < 1.29 is 18.0 Å². The molecule has 1 fully saturated rings. The molecule has 3 rings (SSSR count). The minimum Gasteiger partial charge on any atom is -0.352 e. The van der Waals surface area contributed by atoms with Gasteiger partial charge in [0.15, 0.2) is 0 Å². The van der Waals surface area contributed by atoms with E-state index in [1.54, 1.807) is 6.92 Å². The molecule has 1 unspecified atom stereocenters.